The lowest BCUT2D eigenvalue weighted by atomic mass is 9.79. The van der Waals surface area contributed by atoms with Crippen molar-refractivity contribution in [2.24, 2.45) is 11.7 Å². The molecule has 1 saturated carbocycles. The first-order chi connectivity index (χ1) is 5.52. The lowest BCUT2D eigenvalue weighted by molar-refractivity contribution is 0.0722. The van der Waals surface area contributed by atoms with Crippen molar-refractivity contribution in [3.8, 4) is 0 Å². The van der Waals surface area contributed by atoms with Gasteiger partial charge in [-0.1, -0.05) is 13.8 Å². The highest BCUT2D eigenvalue weighted by molar-refractivity contribution is 4.89. The minimum Gasteiger partial charge on any atom is -0.328 e. The molecule has 0 aromatic carbocycles. The number of alkyl halides is 1. The molecule has 0 bridgehead atoms. The Hall–Kier alpha value is -0.110. The molecule has 1 nitrogen and oxygen atoms in total. The van der Waals surface area contributed by atoms with E-state index in [-0.39, 0.29) is 6.04 Å². The second-order valence-electron chi connectivity index (χ2n) is 4.61. The van der Waals surface area contributed by atoms with Gasteiger partial charge in [-0.25, -0.2) is 4.39 Å². The fourth-order valence-corrected chi connectivity index (χ4v) is 2.27. The standard InChI is InChI=1S/C10H20FN/c1-8(2)6-10(11)5-3-4-9(12)7-10/h8-9H,3-7,12H2,1-2H3. The average molecular weight is 173 g/mol. The molecule has 0 heterocycles. The van der Waals surface area contributed by atoms with Gasteiger partial charge in [0.05, 0.1) is 0 Å². The quantitative estimate of drug-likeness (QED) is 0.682. The van der Waals surface area contributed by atoms with E-state index in [2.05, 4.69) is 13.8 Å². The molecule has 1 aliphatic rings. The topological polar surface area (TPSA) is 26.0 Å². The van der Waals surface area contributed by atoms with Crippen LogP contribution in [0.15, 0.2) is 0 Å². The maximum absolute atomic E-state index is 14.0. The highest BCUT2D eigenvalue weighted by Crippen LogP contribution is 2.36. The molecule has 1 aliphatic carbocycles. The smallest absolute Gasteiger partial charge is 0.112 e. The van der Waals surface area contributed by atoms with Gasteiger partial charge in [-0.3, -0.25) is 0 Å². The van der Waals surface area contributed by atoms with E-state index in [1.54, 1.807) is 0 Å². The number of halogens is 1. The summed E-state index contributed by atoms with van der Waals surface area (Å²) in [6.45, 7) is 4.14. The molecule has 12 heavy (non-hydrogen) atoms. The minimum absolute atomic E-state index is 0.0995. The van der Waals surface area contributed by atoms with Crippen LogP contribution in [0.4, 0.5) is 4.39 Å². The Morgan fingerprint density at radius 2 is 2.25 bits per heavy atom. The monoisotopic (exact) mass is 173 g/mol. The van der Waals surface area contributed by atoms with Gasteiger partial charge in [-0.05, 0) is 38.0 Å². The van der Waals surface area contributed by atoms with Gasteiger partial charge in [0.1, 0.15) is 5.67 Å². The number of hydrogen-bond donors (Lipinski definition) is 1. The van der Waals surface area contributed by atoms with Crippen molar-refractivity contribution in [1.82, 2.24) is 0 Å². The summed E-state index contributed by atoms with van der Waals surface area (Å²) in [7, 11) is 0. The molecule has 2 heteroatoms. The molecule has 2 atom stereocenters. The number of rotatable bonds is 2. The summed E-state index contributed by atoms with van der Waals surface area (Å²) in [5.74, 6) is 0.445. The minimum atomic E-state index is -0.953. The molecule has 2 unspecified atom stereocenters. The van der Waals surface area contributed by atoms with E-state index < -0.39 is 5.67 Å². The van der Waals surface area contributed by atoms with Crippen molar-refractivity contribution in [3.05, 3.63) is 0 Å². The van der Waals surface area contributed by atoms with Gasteiger partial charge in [-0.2, -0.15) is 0 Å². The van der Waals surface area contributed by atoms with Crippen LogP contribution in [0, 0.1) is 5.92 Å². The van der Waals surface area contributed by atoms with Crippen molar-refractivity contribution in [3.63, 3.8) is 0 Å². The van der Waals surface area contributed by atoms with E-state index in [1.165, 1.54) is 0 Å². The molecule has 2 N–H and O–H groups in total. The summed E-state index contributed by atoms with van der Waals surface area (Å²) < 4.78 is 14.0. The first kappa shape index (κ1) is 9.97. The van der Waals surface area contributed by atoms with Gasteiger partial charge in [0.2, 0.25) is 0 Å². The third kappa shape index (κ3) is 2.74. The molecule has 72 valence electrons. The molecule has 1 rings (SSSR count). The summed E-state index contributed by atoms with van der Waals surface area (Å²) in [6.07, 6.45) is 3.94. The average Bonchev–Trinajstić information content (AvgIpc) is 1.82. The van der Waals surface area contributed by atoms with Crippen molar-refractivity contribution in [2.75, 3.05) is 0 Å². The Morgan fingerprint density at radius 3 is 2.75 bits per heavy atom. The lowest BCUT2D eigenvalue weighted by Gasteiger charge is -2.34. The molecule has 0 aromatic heterocycles. The first-order valence-electron chi connectivity index (χ1n) is 4.96. The van der Waals surface area contributed by atoms with E-state index >= 15 is 0 Å². The Bertz CT molecular complexity index is 143. The van der Waals surface area contributed by atoms with Gasteiger partial charge in [0.25, 0.3) is 0 Å². The molecular weight excluding hydrogens is 153 g/mol. The zero-order chi connectivity index (χ0) is 9.19. The van der Waals surface area contributed by atoms with Crippen LogP contribution in [0.25, 0.3) is 0 Å². The maximum atomic E-state index is 14.0. The van der Waals surface area contributed by atoms with Gasteiger partial charge < -0.3 is 5.73 Å². The zero-order valence-corrected chi connectivity index (χ0v) is 8.15. The van der Waals surface area contributed by atoms with Crippen molar-refractivity contribution >= 4 is 0 Å². The summed E-state index contributed by atoms with van der Waals surface area (Å²) in [5.41, 5.74) is 4.79. The molecule has 0 aromatic rings. The molecular formula is C10H20FN. The number of hydrogen-bond acceptors (Lipinski definition) is 1. The first-order valence-corrected chi connectivity index (χ1v) is 4.96. The fourth-order valence-electron chi connectivity index (χ4n) is 2.27. The van der Waals surface area contributed by atoms with Crippen molar-refractivity contribution < 1.29 is 4.39 Å². The molecule has 1 fully saturated rings. The van der Waals surface area contributed by atoms with Crippen LogP contribution in [-0.2, 0) is 0 Å². The van der Waals surface area contributed by atoms with Crippen molar-refractivity contribution in [1.29, 1.82) is 0 Å². The second kappa shape index (κ2) is 3.73. The van der Waals surface area contributed by atoms with E-state index in [0.29, 0.717) is 18.8 Å². The summed E-state index contributed by atoms with van der Waals surface area (Å²) in [6, 6.07) is 0.0995. The van der Waals surface area contributed by atoms with E-state index in [1.807, 2.05) is 0 Å². The molecule has 0 spiro atoms. The molecule has 0 radical (unpaired) electrons. The second-order valence-corrected chi connectivity index (χ2v) is 4.61. The zero-order valence-electron chi connectivity index (χ0n) is 8.15. The molecule has 0 aliphatic heterocycles. The third-order valence-corrected chi connectivity index (χ3v) is 2.60. The molecule has 0 amide bonds. The van der Waals surface area contributed by atoms with Crippen LogP contribution < -0.4 is 5.73 Å². The van der Waals surface area contributed by atoms with E-state index in [4.69, 9.17) is 5.73 Å². The highest BCUT2D eigenvalue weighted by Gasteiger charge is 2.35. The van der Waals surface area contributed by atoms with Crippen LogP contribution in [0.2, 0.25) is 0 Å². The normalized spacial score (nSPS) is 37.2. The fraction of sp³-hybridized carbons (Fsp3) is 1.00. The van der Waals surface area contributed by atoms with Gasteiger partial charge in [0.15, 0.2) is 0 Å². The predicted octanol–water partition coefficient (Wildman–Crippen LogP) is 2.64. The van der Waals surface area contributed by atoms with Crippen molar-refractivity contribution in [2.45, 2.75) is 57.7 Å². The highest BCUT2D eigenvalue weighted by atomic mass is 19.1. The Kier molecular flexibility index (Phi) is 3.10. The van der Waals surface area contributed by atoms with Gasteiger partial charge in [-0.15, -0.1) is 0 Å². The van der Waals surface area contributed by atoms with Crippen LogP contribution in [0.5, 0.6) is 0 Å². The summed E-state index contributed by atoms with van der Waals surface area (Å²) in [4.78, 5) is 0. The Balaban J connectivity index is 2.45. The Morgan fingerprint density at radius 1 is 1.58 bits per heavy atom. The van der Waals surface area contributed by atoms with E-state index in [9.17, 15) is 4.39 Å². The lowest BCUT2D eigenvalue weighted by Crippen LogP contribution is -2.38. The number of nitrogens with two attached hydrogens (primary N) is 1. The van der Waals surface area contributed by atoms with Gasteiger partial charge >= 0.3 is 0 Å². The van der Waals surface area contributed by atoms with Gasteiger partial charge in [0, 0.05) is 6.04 Å². The SMILES string of the molecule is CC(C)CC1(F)CCCC(N)C1. The summed E-state index contributed by atoms with van der Waals surface area (Å²) in [5, 5.41) is 0. The van der Waals surface area contributed by atoms with Crippen LogP contribution in [0.1, 0.15) is 46.0 Å². The largest absolute Gasteiger partial charge is 0.328 e. The van der Waals surface area contributed by atoms with E-state index in [0.717, 1.165) is 19.3 Å². The van der Waals surface area contributed by atoms with Crippen LogP contribution in [-0.4, -0.2) is 11.7 Å². The maximum Gasteiger partial charge on any atom is 0.112 e. The van der Waals surface area contributed by atoms with Crippen LogP contribution >= 0.6 is 0 Å². The molecule has 0 saturated heterocycles. The summed E-state index contributed by atoms with van der Waals surface area (Å²) >= 11 is 0. The third-order valence-electron chi connectivity index (χ3n) is 2.60. The van der Waals surface area contributed by atoms with Crippen LogP contribution in [0.3, 0.4) is 0 Å². The predicted molar refractivity (Wildman–Crippen MR) is 49.7 cm³/mol. The Labute approximate surface area is 74.5 Å².